The van der Waals surface area contributed by atoms with Crippen molar-refractivity contribution < 1.29 is 33.0 Å². The quantitative estimate of drug-likeness (QED) is 0.207. The average Bonchev–Trinajstić information content (AvgIpc) is 3.34. The van der Waals surface area contributed by atoms with Gasteiger partial charge in [0, 0.05) is 27.2 Å². The molecule has 212 valence electrons. The number of aliphatic hydroxyl groups excluding tert-OH is 1. The average molecular weight is 604 g/mol. The van der Waals surface area contributed by atoms with E-state index in [1.54, 1.807) is 71.4 Å². The van der Waals surface area contributed by atoms with E-state index in [0.29, 0.717) is 38.1 Å². The number of allylic oxidation sites excluding steroid dienone is 1. The number of aliphatic hydroxyl groups is 1. The van der Waals surface area contributed by atoms with Gasteiger partial charge in [-0.15, -0.1) is 0 Å². The first-order valence-corrected chi connectivity index (χ1v) is 12.8. The third kappa shape index (κ3) is 8.20. The van der Waals surface area contributed by atoms with E-state index in [-0.39, 0.29) is 18.2 Å². The molecule has 1 aromatic heterocycles. The molecule has 4 rings (SSSR count). The maximum absolute atomic E-state index is 12.6. The van der Waals surface area contributed by atoms with Crippen molar-refractivity contribution in [2.75, 3.05) is 6.54 Å². The van der Waals surface area contributed by atoms with Crippen LogP contribution in [0.25, 0.3) is 28.6 Å². The van der Waals surface area contributed by atoms with Gasteiger partial charge in [-0.05, 0) is 53.1 Å². The molecule has 3 N–H and O–H groups in total. The van der Waals surface area contributed by atoms with E-state index in [2.05, 4.69) is 5.32 Å². The van der Waals surface area contributed by atoms with Crippen LogP contribution in [0.2, 0.25) is 10.0 Å². The van der Waals surface area contributed by atoms with Gasteiger partial charge in [0.05, 0.1) is 24.5 Å². The van der Waals surface area contributed by atoms with E-state index < -0.39 is 30.7 Å². The maximum atomic E-state index is 12.6. The number of hydrogen-bond donors (Lipinski definition) is 3. The van der Waals surface area contributed by atoms with Gasteiger partial charge in [0.25, 0.3) is 5.91 Å². The molecule has 0 saturated carbocycles. The highest BCUT2D eigenvalue weighted by molar-refractivity contribution is 6.35. The van der Waals surface area contributed by atoms with Crippen LogP contribution in [0.5, 0.6) is 0 Å². The molecule has 0 aliphatic heterocycles. The summed E-state index contributed by atoms with van der Waals surface area (Å²) in [7, 11) is 0. The van der Waals surface area contributed by atoms with E-state index in [9.17, 15) is 27.9 Å². The monoisotopic (exact) mass is 603 g/mol. The van der Waals surface area contributed by atoms with Gasteiger partial charge in [-0.25, -0.2) is 4.79 Å². The van der Waals surface area contributed by atoms with Crippen LogP contribution in [0.3, 0.4) is 0 Å². The fourth-order valence-electron chi connectivity index (χ4n) is 3.88. The lowest BCUT2D eigenvalue weighted by atomic mass is 10.1. The molecule has 3 aromatic carbocycles. The first-order valence-electron chi connectivity index (χ1n) is 12.1. The summed E-state index contributed by atoms with van der Waals surface area (Å²) in [4.78, 5) is 23.0. The highest BCUT2D eigenvalue weighted by Gasteiger charge is 2.22. The van der Waals surface area contributed by atoms with E-state index in [1.807, 2.05) is 6.07 Å². The molecule has 0 radical (unpaired) electrons. The normalized spacial score (nSPS) is 12.4. The molecule has 0 aliphatic carbocycles. The highest BCUT2D eigenvalue weighted by atomic mass is 35.5. The van der Waals surface area contributed by atoms with Crippen molar-refractivity contribution in [3.05, 3.63) is 106 Å². The first kappa shape index (κ1) is 29.9. The summed E-state index contributed by atoms with van der Waals surface area (Å²) in [5, 5.41) is 26.0. The number of hydrogen-bond acceptors (Lipinski definition) is 4. The van der Waals surface area contributed by atoms with Crippen LogP contribution in [-0.4, -0.2) is 50.7 Å². The van der Waals surface area contributed by atoms with E-state index in [4.69, 9.17) is 33.4 Å². The Kier molecular flexibility index (Phi) is 9.17. The molecule has 1 atom stereocenters. The van der Waals surface area contributed by atoms with Crippen LogP contribution >= 0.6 is 23.2 Å². The van der Waals surface area contributed by atoms with Crippen molar-refractivity contribution in [3.8, 4) is 22.5 Å². The number of carboxylic acid groups (broad SMARTS) is 1. The van der Waals surface area contributed by atoms with Gasteiger partial charge >= 0.3 is 12.1 Å². The van der Waals surface area contributed by atoms with Crippen LogP contribution < -0.4 is 5.32 Å². The molecule has 4 aromatic rings. The number of halogens is 5. The third-order valence-corrected chi connectivity index (χ3v) is 6.34. The van der Waals surface area contributed by atoms with Gasteiger partial charge in [0.1, 0.15) is 0 Å². The summed E-state index contributed by atoms with van der Waals surface area (Å²) in [6, 6.07) is 19.9. The summed E-state index contributed by atoms with van der Waals surface area (Å²) >= 11 is 12.4. The van der Waals surface area contributed by atoms with Crippen molar-refractivity contribution in [1.82, 2.24) is 15.1 Å². The standard InChI is InChI=1S/C29H22Cl2F3N3O4/c30-22-11-21(12-23(31)13-22)24-14-25(19-5-1-17(2-6-19)9-10-29(32,33)34)37(36-24)16-18-3-7-20(8-4-18)27(39)35-15-26(38)28(40)41/h1-14,26,38H,15-16H2,(H,35,39)(H,40,41)/b10-9-. The van der Waals surface area contributed by atoms with Crippen LogP contribution in [0.15, 0.2) is 78.9 Å². The number of rotatable bonds is 9. The molecule has 1 unspecified atom stereocenters. The topological polar surface area (TPSA) is 104 Å². The molecule has 1 amide bonds. The van der Waals surface area contributed by atoms with Gasteiger partial charge in [0.15, 0.2) is 6.10 Å². The van der Waals surface area contributed by atoms with E-state index in [1.165, 1.54) is 0 Å². The Bertz CT molecular complexity index is 1560. The molecular weight excluding hydrogens is 582 g/mol. The van der Waals surface area contributed by atoms with Gasteiger partial charge in [0.2, 0.25) is 0 Å². The number of aromatic nitrogens is 2. The predicted octanol–water partition coefficient (Wildman–Crippen LogP) is 6.32. The molecule has 0 saturated heterocycles. The molecule has 41 heavy (non-hydrogen) atoms. The number of carbonyl (C=O) groups is 2. The van der Waals surface area contributed by atoms with Crippen LogP contribution in [-0.2, 0) is 11.3 Å². The fourth-order valence-corrected chi connectivity index (χ4v) is 4.41. The number of aliphatic carboxylic acids is 1. The van der Waals surface area contributed by atoms with Crippen molar-refractivity contribution in [3.63, 3.8) is 0 Å². The van der Waals surface area contributed by atoms with E-state index >= 15 is 0 Å². The Morgan fingerprint density at radius 3 is 2.17 bits per heavy atom. The number of carboxylic acids is 1. The zero-order valence-corrected chi connectivity index (χ0v) is 22.6. The molecule has 0 aliphatic rings. The number of nitrogens with one attached hydrogen (secondary N) is 1. The SMILES string of the molecule is O=C(NCC(O)C(=O)O)c1ccc(Cn2nc(-c3cc(Cl)cc(Cl)c3)cc2-c2ccc(/C=C\C(F)(F)F)cc2)cc1. The maximum Gasteiger partial charge on any atom is 0.409 e. The lowest BCUT2D eigenvalue weighted by molar-refractivity contribution is -0.146. The fraction of sp³-hybridized carbons (Fsp3) is 0.138. The minimum absolute atomic E-state index is 0.172. The predicted molar refractivity (Wildman–Crippen MR) is 150 cm³/mol. The molecular formula is C29H22Cl2F3N3O4. The van der Waals surface area contributed by atoms with Crippen LogP contribution in [0.1, 0.15) is 21.5 Å². The molecule has 0 spiro atoms. The Morgan fingerprint density at radius 2 is 1.59 bits per heavy atom. The summed E-state index contributed by atoms with van der Waals surface area (Å²) in [5.41, 5.74) is 4.03. The van der Waals surface area contributed by atoms with Crippen molar-refractivity contribution in [2.45, 2.75) is 18.8 Å². The second-order valence-electron chi connectivity index (χ2n) is 8.99. The zero-order valence-electron chi connectivity index (χ0n) is 21.1. The lowest BCUT2D eigenvalue weighted by Gasteiger charge is -2.10. The second-order valence-corrected chi connectivity index (χ2v) is 9.86. The minimum atomic E-state index is -4.42. The van der Waals surface area contributed by atoms with Gasteiger partial charge in [-0.2, -0.15) is 18.3 Å². The number of amides is 1. The molecule has 12 heteroatoms. The van der Waals surface area contributed by atoms with Crippen LogP contribution in [0, 0.1) is 0 Å². The molecule has 0 fully saturated rings. The summed E-state index contributed by atoms with van der Waals surface area (Å²) in [6.45, 7) is -0.160. The van der Waals surface area contributed by atoms with Gasteiger partial charge in [-0.3, -0.25) is 9.48 Å². The van der Waals surface area contributed by atoms with Gasteiger partial charge in [-0.1, -0.05) is 65.7 Å². The van der Waals surface area contributed by atoms with E-state index in [0.717, 1.165) is 11.6 Å². The number of carbonyl (C=O) groups excluding carboxylic acids is 1. The number of benzene rings is 3. The second kappa shape index (κ2) is 12.6. The van der Waals surface area contributed by atoms with Crippen molar-refractivity contribution >= 4 is 41.2 Å². The highest BCUT2D eigenvalue weighted by Crippen LogP contribution is 2.31. The Labute approximate surface area is 242 Å². The smallest absolute Gasteiger partial charge is 0.409 e. The summed E-state index contributed by atoms with van der Waals surface area (Å²) in [6.07, 6.45) is -4.97. The lowest BCUT2D eigenvalue weighted by Crippen LogP contribution is -2.36. The molecule has 7 nitrogen and oxygen atoms in total. The largest absolute Gasteiger partial charge is 0.479 e. The number of alkyl halides is 3. The van der Waals surface area contributed by atoms with Gasteiger partial charge < -0.3 is 15.5 Å². The third-order valence-electron chi connectivity index (χ3n) is 5.90. The van der Waals surface area contributed by atoms with Crippen molar-refractivity contribution in [2.24, 2.45) is 0 Å². The zero-order chi connectivity index (χ0) is 29.7. The Morgan fingerprint density at radius 1 is 0.951 bits per heavy atom. The Hall–Kier alpha value is -4.12. The van der Waals surface area contributed by atoms with Crippen LogP contribution in [0.4, 0.5) is 13.2 Å². The first-order chi connectivity index (χ1) is 19.4. The number of nitrogens with zero attached hydrogens (tertiary/aromatic N) is 2. The summed E-state index contributed by atoms with van der Waals surface area (Å²) in [5.74, 6) is -1.99. The van der Waals surface area contributed by atoms with Crippen molar-refractivity contribution in [1.29, 1.82) is 0 Å². The minimum Gasteiger partial charge on any atom is -0.479 e. The molecule has 0 bridgehead atoms. The molecule has 1 heterocycles. The Balaban J connectivity index is 1.62. The summed E-state index contributed by atoms with van der Waals surface area (Å²) < 4.78 is 39.4.